The second kappa shape index (κ2) is 5.53. The van der Waals surface area contributed by atoms with Crippen LogP contribution in [0.4, 0.5) is 5.82 Å². The summed E-state index contributed by atoms with van der Waals surface area (Å²) in [5.74, 6) is 0.405. The highest BCUT2D eigenvalue weighted by atomic mass is 16.1. The molecule has 0 fully saturated rings. The van der Waals surface area contributed by atoms with E-state index >= 15 is 0 Å². The first-order chi connectivity index (χ1) is 11.3. The highest BCUT2D eigenvalue weighted by molar-refractivity contribution is 6.10. The first-order valence-electron chi connectivity index (χ1n) is 7.37. The lowest BCUT2D eigenvalue weighted by Crippen LogP contribution is -2.27. The topological polar surface area (TPSA) is 59.3 Å². The van der Waals surface area contributed by atoms with Crippen LogP contribution in [-0.4, -0.2) is 27.9 Å². The summed E-state index contributed by atoms with van der Waals surface area (Å²) < 4.78 is 1.70. The number of fused-ring (bicyclic) bond motifs is 1. The Balaban J connectivity index is 1.88. The molecule has 0 spiro atoms. The van der Waals surface area contributed by atoms with Crippen molar-refractivity contribution in [1.29, 1.82) is 0 Å². The quantitative estimate of drug-likeness (QED) is 0.791. The van der Waals surface area contributed by atoms with E-state index in [1.54, 1.807) is 10.9 Å². The van der Waals surface area contributed by atoms with Crippen molar-refractivity contribution in [3.05, 3.63) is 78.0 Å². The molecule has 1 aromatic heterocycles. The van der Waals surface area contributed by atoms with E-state index < -0.39 is 0 Å². The van der Waals surface area contributed by atoms with Gasteiger partial charge in [0.25, 0.3) is 5.91 Å². The monoisotopic (exact) mass is 302 g/mol. The van der Waals surface area contributed by atoms with Crippen molar-refractivity contribution >= 4 is 17.4 Å². The van der Waals surface area contributed by atoms with E-state index in [4.69, 9.17) is 4.99 Å². The molecule has 0 radical (unpaired) electrons. The fourth-order valence-corrected chi connectivity index (χ4v) is 2.59. The smallest absolute Gasteiger partial charge is 0.257 e. The van der Waals surface area contributed by atoms with Gasteiger partial charge in [-0.3, -0.25) is 4.79 Å². The molecule has 5 heteroatoms. The summed E-state index contributed by atoms with van der Waals surface area (Å²) in [6.45, 7) is 0.395. The van der Waals surface area contributed by atoms with Gasteiger partial charge in [0, 0.05) is 0 Å². The Morgan fingerprint density at radius 3 is 2.39 bits per heavy atom. The third-order valence-corrected chi connectivity index (χ3v) is 3.75. The van der Waals surface area contributed by atoms with Crippen LogP contribution in [0.3, 0.4) is 0 Å². The largest absolute Gasteiger partial charge is 0.346 e. The van der Waals surface area contributed by atoms with Crippen molar-refractivity contribution in [3.63, 3.8) is 0 Å². The van der Waals surface area contributed by atoms with E-state index in [1.807, 2.05) is 60.7 Å². The number of carbonyl (C=O) groups excluding carboxylic acids is 1. The molecule has 23 heavy (non-hydrogen) atoms. The molecule has 0 unspecified atom stereocenters. The summed E-state index contributed by atoms with van der Waals surface area (Å²) in [5, 5.41) is 7.23. The molecule has 1 N–H and O–H groups in total. The van der Waals surface area contributed by atoms with Gasteiger partial charge in [-0.25, -0.2) is 9.67 Å². The Morgan fingerprint density at radius 1 is 0.957 bits per heavy atom. The normalized spacial score (nSPS) is 13.7. The third-order valence-electron chi connectivity index (χ3n) is 3.75. The number of para-hydroxylation sites is 1. The van der Waals surface area contributed by atoms with Crippen molar-refractivity contribution < 1.29 is 4.79 Å². The van der Waals surface area contributed by atoms with Gasteiger partial charge in [-0.15, -0.1) is 0 Å². The zero-order valence-electron chi connectivity index (χ0n) is 12.3. The van der Waals surface area contributed by atoms with Gasteiger partial charge in [0.1, 0.15) is 5.56 Å². The predicted molar refractivity (Wildman–Crippen MR) is 88.5 cm³/mol. The van der Waals surface area contributed by atoms with E-state index in [0.717, 1.165) is 17.0 Å². The van der Waals surface area contributed by atoms with Crippen molar-refractivity contribution in [2.24, 2.45) is 4.99 Å². The number of aliphatic imine (C=N–C) groups is 1. The van der Waals surface area contributed by atoms with Crippen LogP contribution in [0.25, 0.3) is 5.69 Å². The molecule has 1 aliphatic heterocycles. The van der Waals surface area contributed by atoms with Gasteiger partial charge in [0.15, 0.2) is 5.82 Å². The minimum atomic E-state index is -0.156. The Hall–Kier alpha value is -3.21. The first kappa shape index (κ1) is 13.5. The summed E-state index contributed by atoms with van der Waals surface area (Å²) in [6.07, 6.45) is 1.56. The minimum absolute atomic E-state index is 0.156. The number of benzene rings is 2. The highest BCUT2D eigenvalue weighted by Gasteiger charge is 2.22. The van der Waals surface area contributed by atoms with Crippen LogP contribution >= 0.6 is 0 Å². The maximum absolute atomic E-state index is 12.3. The molecular formula is C18H14N4O. The van der Waals surface area contributed by atoms with Gasteiger partial charge < -0.3 is 5.32 Å². The molecule has 112 valence electrons. The van der Waals surface area contributed by atoms with Gasteiger partial charge in [-0.1, -0.05) is 48.5 Å². The highest BCUT2D eigenvalue weighted by Crippen LogP contribution is 2.25. The molecule has 2 aromatic carbocycles. The van der Waals surface area contributed by atoms with Gasteiger partial charge in [0.05, 0.1) is 24.1 Å². The number of rotatable bonds is 2. The average Bonchev–Trinajstić information content (AvgIpc) is 2.96. The number of aromatic nitrogens is 2. The zero-order chi connectivity index (χ0) is 15.6. The number of hydrogen-bond donors (Lipinski definition) is 1. The molecule has 1 aliphatic rings. The van der Waals surface area contributed by atoms with Crippen LogP contribution in [0.5, 0.6) is 0 Å². The van der Waals surface area contributed by atoms with Crippen molar-refractivity contribution in [3.8, 4) is 5.69 Å². The second-order valence-electron chi connectivity index (χ2n) is 5.24. The molecule has 4 rings (SSSR count). The summed E-state index contributed by atoms with van der Waals surface area (Å²) >= 11 is 0. The first-order valence-corrected chi connectivity index (χ1v) is 7.37. The van der Waals surface area contributed by atoms with Crippen LogP contribution in [-0.2, 0) is 0 Å². The summed E-state index contributed by atoms with van der Waals surface area (Å²) in [5.41, 5.74) is 3.16. The predicted octanol–water partition coefficient (Wildman–Crippen LogP) is 2.74. The zero-order valence-corrected chi connectivity index (χ0v) is 12.3. The molecule has 0 atom stereocenters. The van der Waals surface area contributed by atoms with Gasteiger partial charge in [-0.2, -0.15) is 5.10 Å². The number of hydrogen-bond acceptors (Lipinski definition) is 3. The lowest BCUT2D eigenvalue weighted by molar-refractivity contribution is 0.0961. The average molecular weight is 302 g/mol. The summed E-state index contributed by atoms with van der Waals surface area (Å²) in [4.78, 5) is 17.0. The number of carbonyl (C=O) groups is 1. The van der Waals surface area contributed by atoms with Crippen LogP contribution in [0.1, 0.15) is 15.9 Å². The molecule has 1 amide bonds. The fraction of sp³-hybridized carbons (Fsp3) is 0.0556. The SMILES string of the molecule is O=C1NCC(c2ccccc2)=Nc2c1cnn2-c1ccccc1. The van der Waals surface area contributed by atoms with Crippen LogP contribution < -0.4 is 5.32 Å². The minimum Gasteiger partial charge on any atom is -0.346 e. The van der Waals surface area contributed by atoms with Gasteiger partial charge in [-0.05, 0) is 17.7 Å². The maximum atomic E-state index is 12.3. The Labute approximate surface area is 133 Å². The Kier molecular flexibility index (Phi) is 3.24. The molecule has 0 saturated carbocycles. The number of nitrogens with zero attached hydrogens (tertiary/aromatic N) is 3. The third kappa shape index (κ3) is 2.42. The number of nitrogens with one attached hydrogen (secondary N) is 1. The van der Waals surface area contributed by atoms with E-state index in [-0.39, 0.29) is 5.91 Å². The molecule has 5 nitrogen and oxygen atoms in total. The van der Waals surface area contributed by atoms with E-state index in [9.17, 15) is 4.79 Å². The molecule has 0 aliphatic carbocycles. The van der Waals surface area contributed by atoms with Crippen molar-refractivity contribution in [2.75, 3.05) is 6.54 Å². The molecule has 3 aromatic rings. The maximum Gasteiger partial charge on any atom is 0.257 e. The van der Waals surface area contributed by atoms with Crippen molar-refractivity contribution in [1.82, 2.24) is 15.1 Å². The summed E-state index contributed by atoms with van der Waals surface area (Å²) in [6, 6.07) is 19.5. The summed E-state index contributed by atoms with van der Waals surface area (Å²) in [7, 11) is 0. The van der Waals surface area contributed by atoms with Gasteiger partial charge >= 0.3 is 0 Å². The van der Waals surface area contributed by atoms with E-state index in [0.29, 0.717) is 17.9 Å². The van der Waals surface area contributed by atoms with Crippen molar-refractivity contribution in [2.45, 2.75) is 0 Å². The van der Waals surface area contributed by atoms with Gasteiger partial charge in [0.2, 0.25) is 0 Å². The second-order valence-corrected chi connectivity index (χ2v) is 5.24. The Morgan fingerprint density at radius 2 is 1.65 bits per heavy atom. The fourth-order valence-electron chi connectivity index (χ4n) is 2.59. The lowest BCUT2D eigenvalue weighted by Gasteiger charge is -2.06. The standard InChI is InChI=1S/C18H14N4O/c23-18-15-11-20-22(14-9-5-2-6-10-14)17(15)21-16(12-19-18)13-7-3-1-4-8-13/h1-11H,12H2,(H,19,23). The molecular weight excluding hydrogens is 288 g/mol. The molecule has 0 bridgehead atoms. The number of amides is 1. The molecule has 2 heterocycles. The molecule has 0 saturated heterocycles. The van der Waals surface area contributed by atoms with Crippen LogP contribution in [0, 0.1) is 0 Å². The van der Waals surface area contributed by atoms with E-state index in [1.165, 1.54) is 0 Å². The lowest BCUT2D eigenvalue weighted by atomic mass is 10.1. The Bertz CT molecular complexity index is 882. The van der Waals surface area contributed by atoms with Crippen LogP contribution in [0.2, 0.25) is 0 Å². The van der Waals surface area contributed by atoms with E-state index in [2.05, 4.69) is 10.4 Å². The van der Waals surface area contributed by atoms with Crippen LogP contribution in [0.15, 0.2) is 71.9 Å².